The number of likely N-dealkylation sites (N-methyl/N-ethyl adjacent to an activating group) is 1. The van der Waals surface area contributed by atoms with Crippen LogP contribution in [0.15, 0.2) is 65.8 Å². The quantitative estimate of drug-likeness (QED) is 0.433. The molecular weight excluding hydrogens is 502 g/mol. The number of benzene rings is 2. The van der Waals surface area contributed by atoms with Crippen LogP contribution in [0.25, 0.3) is 5.69 Å². The molecule has 1 atom stereocenters. The summed E-state index contributed by atoms with van der Waals surface area (Å²) in [6.45, 7) is 7.15. The number of carbonyl (C=O) groups is 1. The largest absolute Gasteiger partial charge is 0.487 e. The number of likely N-dealkylation sites (tertiary alicyclic amines) is 1. The second-order valence-electron chi connectivity index (χ2n) is 9.84. The van der Waals surface area contributed by atoms with Gasteiger partial charge in [0.1, 0.15) is 22.4 Å². The highest BCUT2D eigenvalue weighted by atomic mass is 35.5. The molecule has 2 heterocycles. The molecule has 0 amide bonds. The van der Waals surface area contributed by atoms with E-state index >= 15 is 0 Å². The van der Waals surface area contributed by atoms with E-state index in [2.05, 4.69) is 9.62 Å². The van der Waals surface area contributed by atoms with E-state index in [9.17, 15) is 13.2 Å². The van der Waals surface area contributed by atoms with Crippen LogP contribution in [0.2, 0.25) is 5.02 Å². The lowest BCUT2D eigenvalue weighted by Gasteiger charge is -2.19. The van der Waals surface area contributed by atoms with Gasteiger partial charge in [-0.1, -0.05) is 11.6 Å². The molecular formula is C26H30ClN3O5S. The Morgan fingerprint density at radius 3 is 2.47 bits per heavy atom. The molecule has 0 aliphatic carbocycles. The van der Waals surface area contributed by atoms with Crippen molar-refractivity contribution in [2.45, 2.75) is 43.8 Å². The number of hydrogen-bond donors (Lipinski definition) is 1. The van der Waals surface area contributed by atoms with Crippen molar-refractivity contribution in [2.75, 3.05) is 24.9 Å². The minimum Gasteiger partial charge on any atom is -0.487 e. The number of sulfonamides is 1. The van der Waals surface area contributed by atoms with Crippen LogP contribution in [-0.2, 0) is 14.8 Å². The van der Waals surface area contributed by atoms with E-state index in [1.807, 2.05) is 7.05 Å². The predicted molar refractivity (Wildman–Crippen MR) is 140 cm³/mol. The number of nitrogens with zero attached hydrogens (tertiary/aromatic N) is 2. The van der Waals surface area contributed by atoms with Crippen LogP contribution >= 0.6 is 11.6 Å². The van der Waals surface area contributed by atoms with Crippen molar-refractivity contribution in [1.82, 2.24) is 9.47 Å². The van der Waals surface area contributed by atoms with E-state index in [-0.39, 0.29) is 11.0 Å². The lowest BCUT2D eigenvalue weighted by Crippen LogP contribution is -2.23. The van der Waals surface area contributed by atoms with Gasteiger partial charge >= 0.3 is 5.97 Å². The summed E-state index contributed by atoms with van der Waals surface area (Å²) in [4.78, 5) is 14.5. The Balaban J connectivity index is 1.47. The molecule has 0 radical (unpaired) electrons. The van der Waals surface area contributed by atoms with E-state index < -0.39 is 21.6 Å². The SMILES string of the molecule is CN1CC[C@@H](Oc2cc(NS(=O)(=O)c3ccn(-c4ccc(C(=O)OC(C)(C)C)cc4)c3)ccc2Cl)C1. The van der Waals surface area contributed by atoms with Gasteiger partial charge in [0.15, 0.2) is 0 Å². The van der Waals surface area contributed by atoms with Gasteiger partial charge in [-0.25, -0.2) is 13.2 Å². The molecule has 1 aliphatic rings. The Hall–Kier alpha value is -3.01. The van der Waals surface area contributed by atoms with Crippen LogP contribution in [0.3, 0.4) is 0 Å². The number of carbonyl (C=O) groups excluding carboxylic acids is 1. The van der Waals surface area contributed by atoms with Crippen LogP contribution in [0.4, 0.5) is 5.69 Å². The summed E-state index contributed by atoms with van der Waals surface area (Å²) in [6.07, 6.45) is 4.04. The molecule has 1 aliphatic heterocycles. The van der Waals surface area contributed by atoms with Gasteiger partial charge in [-0.15, -0.1) is 0 Å². The Kier molecular flexibility index (Phi) is 7.36. The molecule has 2 aromatic carbocycles. The number of rotatable bonds is 7. The first-order chi connectivity index (χ1) is 16.9. The van der Waals surface area contributed by atoms with Gasteiger partial charge in [-0.2, -0.15) is 0 Å². The molecule has 0 saturated carbocycles. The number of nitrogens with one attached hydrogen (secondary N) is 1. The molecule has 4 rings (SSSR count). The van der Waals surface area contributed by atoms with Gasteiger partial charge < -0.3 is 18.9 Å². The topological polar surface area (TPSA) is 89.9 Å². The average Bonchev–Trinajstić information content (AvgIpc) is 3.45. The van der Waals surface area contributed by atoms with Crippen molar-refractivity contribution in [3.8, 4) is 11.4 Å². The summed E-state index contributed by atoms with van der Waals surface area (Å²) in [5.74, 6) is 0.0279. The first kappa shape index (κ1) is 26.1. The normalized spacial score (nSPS) is 16.6. The maximum atomic E-state index is 13.0. The van der Waals surface area contributed by atoms with E-state index in [4.69, 9.17) is 21.1 Å². The molecule has 1 fully saturated rings. The summed E-state index contributed by atoms with van der Waals surface area (Å²) in [5.41, 5.74) is 0.888. The summed E-state index contributed by atoms with van der Waals surface area (Å²) in [6, 6.07) is 13.1. The van der Waals surface area contributed by atoms with Crippen LogP contribution in [0.1, 0.15) is 37.6 Å². The summed E-state index contributed by atoms with van der Waals surface area (Å²) in [5, 5.41) is 0.425. The molecule has 10 heteroatoms. The maximum absolute atomic E-state index is 13.0. The molecule has 192 valence electrons. The highest BCUT2D eigenvalue weighted by Gasteiger charge is 2.23. The van der Waals surface area contributed by atoms with Crippen LogP contribution < -0.4 is 9.46 Å². The van der Waals surface area contributed by atoms with Gasteiger partial charge in [-0.3, -0.25) is 4.72 Å². The summed E-state index contributed by atoms with van der Waals surface area (Å²) in [7, 11) is -1.84. The molecule has 36 heavy (non-hydrogen) atoms. The molecule has 1 N–H and O–H groups in total. The second kappa shape index (κ2) is 10.2. The Morgan fingerprint density at radius 2 is 1.83 bits per heavy atom. The number of halogens is 1. The predicted octanol–water partition coefficient (Wildman–Crippen LogP) is 4.97. The molecule has 0 unspecified atom stereocenters. The molecule has 0 bridgehead atoms. The molecule has 3 aromatic rings. The van der Waals surface area contributed by atoms with Crippen molar-refractivity contribution in [3.05, 3.63) is 71.5 Å². The van der Waals surface area contributed by atoms with Crippen LogP contribution in [-0.4, -0.2) is 55.7 Å². The van der Waals surface area contributed by atoms with Crippen LogP contribution in [0, 0.1) is 0 Å². The number of anilines is 1. The monoisotopic (exact) mass is 531 g/mol. The lowest BCUT2D eigenvalue weighted by molar-refractivity contribution is 0.00695. The van der Waals surface area contributed by atoms with Gasteiger partial charge in [0.2, 0.25) is 0 Å². The fraction of sp³-hybridized carbons (Fsp3) is 0.346. The van der Waals surface area contributed by atoms with Crippen molar-refractivity contribution < 1.29 is 22.7 Å². The number of esters is 1. The molecule has 8 nitrogen and oxygen atoms in total. The average molecular weight is 532 g/mol. The minimum atomic E-state index is -3.86. The first-order valence-electron chi connectivity index (χ1n) is 11.6. The molecule has 1 saturated heterocycles. The summed E-state index contributed by atoms with van der Waals surface area (Å²) < 4.78 is 41.7. The second-order valence-corrected chi connectivity index (χ2v) is 11.9. The lowest BCUT2D eigenvalue weighted by atomic mass is 10.1. The fourth-order valence-corrected chi connectivity index (χ4v) is 5.05. The van der Waals surface area contributed by atoms with Gasteiger partial charge in [0.05, 0.1) is 16.3 Å². The molecule has 0 spiro atoms. The fourth-order valence-electron chi connectivity index (χ4n) is 3.84. The number of hydrogen-bond acceptors (Lipinski definition) is 6. The first-order valence-corrected chi connectivity index (χ1v) is 13.5. The van der Waals surface area contributed by atoms with Crippen molar-refractivity contribution >= 4 is 33.3 Å². The van der Waals surface area contributed by atoms with Gasteiger partial charge in [0.25, 0.3) is 10.0 Å². The van der Waals surface area contributed by atoms with E-state index in [1.165, 1.54) is 12.3 Å². The van der Waals surface area contributed by atoms with E-state index in [0.717, 1.165) is 19.5 Å². The Morgan fingerprint density at radius 1 is 1.11 bits per heavy atom. The Labute approximate surface area is 216 Å². The van der Waals surface area contributed by atoms with Gasteiger partial charge in [0, 0.05) is 37.2 Å². The zero-order valence-electron chi connectivity index (χ0n) is 20.7. The maximum Gasteiger partial charge on any atom is 0.338 e. The Bertz CT molecular complexity index is 1350. The van der Waals surface area contributed by atoms with Crippen LogP contribution in [0.5, 0.6) is 5.75 Å². The third-order valence-corrected chi connectivity index (χ3v) is 7.28. The van der Waals surface area contributed by atoms with Crippen molar-refractivity contribution in [3.63, 3.8) is 0 Å². The highest BCUT2D eigenvalue weighted by Crippen LogP contribution is 2.31. The van der Waals surface area contributed by atoms with Crippen molar-refractivity contribution in [2.24, 2.45) is 0 Å². The summed E-state index contributed by atoms with van der Waals surface area (Å²) >= 11 is 6.28. The number of aromatic nitrogens is 1. The van der Waals surface area contributed by atoms with E-state index in [0.29, 0.717) is 27.7 Å². The standard InChI is InChI=1S/C26H30ClN3O5S/c1-26(2,3)35-25(31)18-5-8-20(9-6-18)30-14-12-22(17-30)36(32,33)28-19-7-10-23(27)24(15-19)34-21-11-13-29(4)16-21/h5-10,12,14-15,17,21,28H,11,13,16H2,1-4H3/t21-/m1/s1. The molecule has 1 aromatic heterocycles. The van der Waals surface area contributed by atoms with E-state index in [1.54, 1.807) is 74.0 Å². The number of ether oxygens (including phenoxy) is 2. The zero-order valence-corrected chi connectivity index (χ0v) is 22.3. The smallest absolute Gasteiger partial charge is 0.338 e. The van der Waals surface area contributed by atoms with Crippen molar-refractivity contribution in [1.29, 1.82) is 0 Å². The van der Waals surface area contributed by atoms with Gasteiger partial charge in [-0.05, 0) is 76.7 Å². The zero-order chi connectivity index (χ0) is 26.1. The minimum absolute atomic E-state index is 0.00935. The third-order valence-electron chi connectivity index (χ3n) is 5.60. The third kappa shape index (κ3) is 6.40. The highest BCUT2D eigenvalue weighted by molar-refractivity contribution is 7.92.